The first kappa shape index (κ1) is 16.0. The Kier molecular flexibility index (Phi) is 4.59. The summed E-state index contributed by atoms with van der Waals surface area (Å²) in [4.78, 5) is 12.9. The molecule has 0 saturated heterocycles. The van der Waals surface area contributed by atoms with Gasteiger partial charge in [-0.05, 0) is 46.6 Å². The minimum atomic E-state index is -0.447. The van der Waals surface area contributed by atoms with E-state index in [2.05, 4.69) is 31.9 Å². The zero-order valence-electron chi connectivity index (χ0n) is 11.3. The van der Waals surface area contributed by atoms with Crippen molar-refractivity contribution < 1.29 is 9.53 Å². The smallest absolute Gasteiger partial charge is 0.355 e. The molecular weight excluding hydrogens is 452 g/mol. The number of carbonyl (C=O) groups is 1. The van der Waals surface area contributed by atoms with Gasteiger partial charge in [0.1, 0.15) is 10.6 Å². The molecule has 0 aliphatic carbocycles. The molecule has 6 heteroatoms. The number of aryl methyl sites for hydroxylation is 1. The summed E-state index contributed by atoms with van der Waals surface area (Å²) in [5.74, 6) is 0.0547. The van der Waals surface area contributed by atoms with E-state index in [9.17, 15) is 4.79 Å². The van der Waals surface area contributed by atoms with Gasteiger partial charge in [-0.2, -0.15) is 0 Å². The number of rotatable bonds is 2. The third-order valence-corrected chi connectivity index (χ3v) is 5.81. The number of benzene rings is 2. The largest absolute Gasteiger partial charge is 0.421 e. The van der Waals surface area contributed by atoms with Crippen LogP contribution in [-0.2, 0) is 0 Å². The first-order valence-electron chi connectivity index (χ1n) is 6.32. The van der Waals surface area contributed by atoms with Crippen molar-refractivity contribution in [3.8, 4) is 5.75 Å². The molecule has 1 aromatic heterocycles. The summed E-state index contributed by atoms with van der Waals surface area (Å²) >= 11 is 14.5. The number of ether oxygens (including phenoxy) is 1. The van der Waals surface area contributed by atoms with Crippen molar-refractivity contribution >= 4 is 70.9 Å². The van der Waals surface area contributed by atoms with Gasteiger partial charge in [0.05, 0.1) is 9.50 Å². The van der Waals surface area contributed by atoms with Crippen LogP contribution in [-0.4, -0.2) is 5.97 Å². The van der Waals surface area contributed by atoms with Crippen molar-refractivity contribution in [2.45, 2.75) is 6.92 Å². The number of thiophene rings is 1. The standard InChI is InChI=1S/C16H9Br2ClO2S/c1-8-6-9(17)7-11(18)14(8)21-16(20)15-13(19)10-4-2-3-5-12(10)22-15/h2-7H,1H3. The molecule has 112 valence electrons. The lowest BCUT2D eigenvalue weighted by atomic mass is 10.2. The summed E-state index contributed by atoms with van der Waals surface area (Å²) in [7, 11) is 0. The predicted octanol–water partition coefficient (Wildman–Crippen LogP) is 6.61. The van der Waals surface area contributed by atoms with Gasteiger partial charge in [0, 0.05) is 14.6 Å². The highest BCUT2D eigenvalue weighted by Gasteiger charge is 2.20. The topological polar surface area (TPSA) is 26.3 Å². The van der Waals surface area contributed by atoms with E-state index in [1.807, 2.05) is 43.3 Å². The first-order valence-corrected chi connectivity index (χ1v) is 9.10. The van der Waals surface area contributed by atoms with E-state index >= 15 is 0 Å². The molecule has 2 aromatic carbocycles. The van der Waals surface area contributed by atoms with E-state index in [0.717, 1.165) is 20.1 Å². The third kappa shape index (κ3) is 2.95. The molecule has 0 spiro atoms. The van der Waals surface area contributed by atoms with Crippen molar-refractivity contribution in [1.82, 2.24) is 0 Å². The molecule has 3 aromatic rings. The van der Waals surface area contributed by atoms with Crippen LogP contribution in [0.1, 0.15) is 15.2 Å². The zero-order chi connectivity index (χ0) is 15.9. The van der Waals surface area contributed by atoms with E-state index in [-0.39, 0.29) is 0 Å². The van der Waals surface area contributed by atoms with E-state index in [0.29, 0.717) is 20.1 Å². The van der Waals surface area contributed by atoms with Gasteiger partial charge in [0.25, 0.3) is 0 Å². The molecule has 0 radical (unpaired) electrons. The van der Waals surface area contributed by atoms with Gasteiger partial charge < -0.3 is 4.74 Å². The van der Waals surface area contributed by atoms with Gasteiger partial charge in [-0.1, -0.05) is 45.7 Å². The Balaban J connectivity index is 1.99. The molecule has 3 rings (SSSR count). The van der Waals surface area contributed by atoms with Gasteiger partial charge in [-0.3, -0.25) is 0 Å². The lowest BCUT2D eigenvalue weighted by molar-refractivity contribution is 0.0737. The summed E-state index contributed by atoms with van der Waals surface area (Å²) in [5.41, 5.74) is 0.854. The van der Waals surface area contributed by atoms with E-state index in [4.69, 9.17) is 16.3 Å². The van der Waals surface area contributed by atoms with Crippen LogP contribution < -0.4 is 4.74 Å². The van der Waals surface area contributed by atoms with Gasteiger partial charge in [-0.15, -0.1) is 11.3 Å². The maximum absolute atomic E-state index is 12.5. The minimum Gasteiger partial charge on any atom is -0.421 e. The van der Waals surface area contributed by atoms with E-state index in [1.165, 1.54) is 11.3 Å². The molecule has 0 aliphatic heterocycles. The van der Waals surface area contributed by atoms with E-state index < -0.39 is 5.97 Å². The third-order valence-electron chi connectivity index (χ3n) is 3.11. The molecule has 0 saturated carbocycles. The molecule has 0 fully saturated rings. The second-order valence-corrected chi connectivity index (χ2v) is 7.86. The number of hydrogen-bond donors (Lipinski definition) is 0. The maximum Gasteiger partial charge on any atom is 0.355 e. The second kappa shape index (κ2) is 6.32. The Morgan fingerprint density at radius 1 is 1.23 bits per heavy atom. The Labute approximate surface area is 153 Å². The first-order chi connectivity index (χ1) is 10.5. The number of carbonyl (C=O) groups excluding carboxylic acids is 1. The Morgan fingerprint density at radius 2 is 1.95 bits per heavy atom. The number of halogens is 3. The van der Waals surface area contributed by atoms with Gasteiger partial charge in [0.15, 0.2) is 0 Å². The lowest BCUT2D eigenvalue weighted by Gasteiger charge is -2.09. The van der Waals surface area contributed by atoms with Crippen LogP contribution in [0.5, 0.6) is 5.75 Å². The average Bonchev–Trinajstić information content (AvgIpc) is 2.80. The monoisotopic (exact) mass is 458 g/mol. The minimum absolute atomic E-state index is 0.414. The highest BCUT2D eigenvalue weighted by Crippen LogP contribution is 2.37. The fourth-order valence-corrected chi connectivity index (χ4v) is 5.01. The van der Waals surface area contributed by atoms with Crippen LogP contribution in [0.4, 0.5) is 0 Å². The van der Waals surface area contributed by atoms with Crippen molar-refractivity contribution in [2.75, 3.05) is 0 Å². The fourth-order valence-electron chi connectivity index (χ4n) is 2.10. The molecule has 0 aliphatic rings. The van der Waals surface area contributed by atoms with Crippen molar-refractivity contribution in [2.24, 2.45) is 0 Å². The highest BCUT2D eigenvalue weighted by atomic mass is 79.9. The second-order valence-electron chi connectivity index (χ2n) is 4.66. The highest BCUT2D eigenvalue weighted by molar-refractivity contribution is 9.11. The molecular formula is C16H9Br2ClO2S. The summed E-state index contributed by atoms with van der Waals surface area (Å²) in [6.45, 7) is 1.88. The maximum atomic E-state index is 12.5. The van der Waals surface area contributed by atoms with Crippen molar-refractivity contribution in [3.63, 3.8) is 0 Å². The number of hydrogen-bond acceptors (Lipinski definition) is 3. The summed E-state index contributed by atoms with van der Waals surface area (Å²) in [5, 5.41) is 1.31. The molecule has 0 N–H and O–H groups in total. The van der Waals surface area contributed by atoms with Gasteiger partial charge >= 0.3 is 5.97 Å². The van der Waals surface area contributed by atoms with Crippen LogP contribution in [0.25, 0.3) is 10.1 Å². The number of fused-ring (bicyclic) bond motifs is 1. The SMILES string of the molecule is Cc1cc(Br)cc(Br)c1OC(=O)c1sc2ccccc2c1Cl. The Hall–Kier alpha value is -0.880. The molecule has 22 heavy (non-hydrogen) atoms. The zero-order valence-corrected chi connectivity index (χ0v) is 16.1. The Bertz CT molecular complexity index is 866. The van der Waals surface area contributed by atoms with Crippen LogP contribution >= 0.6 is 54.8 Å². The van der Waals surface area contributed by atoms with Crippen LogP contribution in [0, 0.1) is 6.92 Å². The van der Waals surface area contributed by atoms with Gasteiger partial charge in [0.2, 0.25) is 0 Å². The lowest BCUT2D eigenvalue weighted by Crippen LogP contribution is -2.08. The normalized spacial score (nSPS) is 10.9. The molecule has 0 unspecified atom stereocenters. The fraction of sp³-hybridized carbons (Fsp3) is 0.0625. The molecule has 0 amide bonds. The number of esters is 1. The van der Waals surface area contributed by atoms with Crippen LogP contribution in [0.3, 0.4) is 0 Å². The molecule has 2 nitrogen and oxygen atoms in total. The quantitative estimate of drug-likeness (QED) is 0.318. The Morgan fingerprint density at radius 3 is 2.64 bits per heavy atom. The molecule has 0 bridgehead atoms. The summed E-state index contributed by atoms with van der Waals surface area (Å²) in [6.07, 6.45) is 0. The average molecular weight is 461 g/mol. The van der Waals surface area contributed by atoms with Crippen LogP contribution in [0.2, 0.25) is 5.02 Å². The summed E-state index contributed by atoms with van der Waals surface area (Å²) in [6, 6.07) is 11.4. The van der Waals surface area contributed by atoms with E-state index in [1.54, 1.807) is 0 Å². The van der Waals surface area contributed by atoms with Crippen molar-refractivity contribution in [1.29, 1.82) is 0 Å². The summed E-state index contributed by atoms with van der Waals surface area (Å²) < 4.78 is 8.14. The molecule has 0 atom stereocenters. The van der Waals surface area contributed by atoms with Gasteiger partial charge in [-0.25, -0.2) is 4.79 Å². The predicted molar refractivity (Wildman–Crippen MR) is 98.4 cm³/mol. The van der Waals surface area contributed by atoms with Crippen molar-refractivity contribution in [3.05, 3.63) is 60.8 Å². The van der Waals surface area contributed by atoms with Crippen LogP contribution in [0.15, 0.2) is 45.3 Å². The molecule has 1 heterocycles.